The lowest BCUT2D eigenvalue weighted by Crippen LogP contribution is -2.60. The van der Waals surface area contributed by atoms with Gasteiger partial charge in [-0.15, -0.1) is 0 Å². The van der Waals surface area contributed by atoms with Crippen molar-refractivity contribution in [1.29, 1.82) is 0 Å². The maximum absolute atomic E-state index is 13.9. The first kappa shape index (κ1) is 31.8. The molecule has 0 amide bonds. The standard InChI is InChI=1S/C22H35F9O2/c1-7-14(5)13-16(18(6,9-3)10-4)17(32)33-15(8-2)11-12-19(23,24)20(25,26)21(27,28)22(29,30)31/h14-16H,7-13H2,1-6H3. The number of rotatable bonds is 14. The first-order valence-electron chi connectivity index (χ1n) is 11.2. The maximum Gasteiger partial charge on any atom is 0.460 e. The van der Waals surface area contributed by atoms with Crippen LogP contribution < -0.4 is 0 Å². The van der Waals surface area contributed by atoms with Gasteiger partial charge >= 0.3 is 29.9 Å². The Morgan fingerprint density at radius 1 is 0.818 bits per heavy atom. The Hall–Kier alpha value is -1.16. The van der Waals surface area contributed by atoms with Crippen LogP contribution in [-0.2, 0) is 9.53 Å². The van der Waals surface area contributed by atoms with E-state index in [1.807, 2.05) is 34.6 Å². The number of halogens is 9. The van der Waals surface area contributed by atoms with Crippen LogP contribution in [0.3, 0.4) is 0 Å². The van der Waals surface area contributed by atoms with Crippen LogP contribution in [0.5, 0.6) is 0 Å². The SMILES string of the molecule is CCC(C)CC(C(=O)OC(CC)CCC(F)(F)C(F)(F)C(F)(F)C(F)(F)F)C(C)(CC)CC. The van der Waals surface area contributed by atoms with Crippen LogP contribution in [0.2, 0.25) is 0 Å². The number of hydrogen-bond acceptors (Lipinski definition) is 2. The minimum atomic E-state index is -6.92. The second-order valence-corrected chi connectivity index (χ2v) is 9.02. The summed E-state index contributed by atoms with van der Waals surface area (Å²) in [5, 5.41) is 0. The molecule has 0 bridgehead atoms. The van der Waals surface area contributed by atoms with Gasteiger partial charge in [-0.05, 0) is 43.4 Å². The zero-order valence-corrected chi connectivity index (χ0v) is 19.9. The van der Waals surface area contributed by atoms with E-state index in [2.05, 4.69) is 0 Å². The monoisotopic (exact) mass is 502 g/mol. The van der Waals surface area contributed by atoms with E-state index in [9.17, 15) is 44.3 Å². The van der Waals surface area contributed by atoms with E-state index in [0.717, 1.165) is 6.42 Å². The average Bonchev–Trinajstić information content (AvgIpc) is 2.72. The summed E-state index contributed by atoms with van der Waals surface area (Å²) in [6.45, 7) is 10.9. The fraction of sp³-hybridized carbons (Fsp3) is 0.955. The third-order valence-electron chi connectivity index (χ3n) is 6.80. The molecule has 0 heterocycles. The van der Waals surface area contributed by atoms with Gasteiger partial charge in [0.05, 0.1) is 5.92 Å². The van der Waals surface area contributed by atoms with Crippen molar-refractivity contribution in [3.05, 3.63) is 0 Å². The first-order chi connectivity index (χ1) is 14.8. The fourth-order valence-electron chi connectivity index (χ4n) is 3.48. The van der Waals surface area contributed by atoms with Gasteiger partial charge in [-0.1, -0.05) is 48.0 Å². The lowest BCUT2D eigenvalue weighted by Gasteiger charge is -2.37. The van der Waals surface area contributed by atoms with E-state index in [1.165, 1.54) is 6.92 Å². The molecule has 33 heavy (non-hydrogen) atoms. The molecule has 0 fully saturated rings. The summed E-state index contributed by atoms with van der Waals surface area (Å²) < 4.78 is 123. The molecule has 0 spiro atoms. The Morgan fingerprint density at radius 2 is 1.30 bits per heavy atom. The molecule has 0 aromatic carbocycles. The van der Waals surface area contributed by atoms with Crippen molar-refractivity contribution in [2.24, 2.45) is 17.3 Å². The molecule has 3 unspecified atom stereocenters. The molecule has 0 aliphatic heterocycles. The molecular formula is C22H35F9O2. The van der Waals surface area contributed by atoms with E-state index < -0.39 is 60.2 Å². The van der Waals surface area contributed by atoms with Crippen molar-refractivity contribution in [2.75, 3.05) is 0 Å². The summed E-state index contributed by atoms with van der Waals surface area (Å²) in [4.78, 5) is 12.9. The van der Waals surface area contributed by atoms with Gasteiger partial charge in [0.25, 0.3) is 0 Å². The average molecular weight is 503 g/mol. The highest BCUT2D eigenvalue weighted by Gasteiger charge is 2.81. The van der Waals surface area contributed by atoms with E-state index in [-0.39, 0.29) is 12.3 Å². The van der Waals surface area contributed by atoms with Crippen molar-refractivity contribution >= 4 is 5.97 Å². The number of carbonyl (C=O) groups is 1. The van der Waals surface area contributed by atoms with E-state index in [0.29, 0.717) is 19.3 Å². The topological polar surface area (TPSA) is 26.3 Å². The molecular weight excluding hydrogens is 467 g/mol. The highest BCUT2D eigenvalue weighted by Crippen LogP contribution is 2.54. The van der Waals surface area contributed by atoms with Gasteiger partial charge in [-0.25, -0.2) is 0 Å². The number of esters is 1. The second-order valence-electron chi connectivity index (χ2n) is 9.02. The van der Waals surface area contributed by atoms with Gasteiger partial charge in [0.1, 0.15) is 6.10 Å². The molecule has 0 saturated carbocycles. The molecule has 0 radical (unpaired) electrons. The summed E-state index contributed by atoms with van der Waals surface area (Å²) in [7, 11) is 0. The number of ether oxygens (including phenoxy) is 1. The van der Waals surface area contributed by atoms with Gasteiger partial charge in [-0.2, -0.15) is 39.5 Å². The summed E-state index contributed by atoms with van der Waals surface area (Å²) in [6.07, 6.45) is -8.89. The van der Waals surface area contributed by atoms with Crippen molar-refractivity contribution in [3.63, 3.8) is 0 Å². The van der Waals surface area contributed by atoms with Gasteiger partial charge in [0, 0.05) is 6.42 Å². The normalized spacial score (nSPS) is 16.9. The first-order valence-corrected chi connectivity index (χ1v) is 11.2. The molecule has 0 N–H and O–H groups in total. The molecule has 0 aliphatic carbocycles. The fourth-order valence-corrected chi connectivity index (χ4v) is 3.48. The Kier molecular flexibility index (Phi) is 11.1. The highest BCUT2D eigenvalue weighted by molar-refractivity contribution is 5.73. The Bertz CT molecular complexity index is 613. The quantitative estimate of drug-likeness (QED) is 0.176. The van der Waals surface area contributed by atoms with Crippen LogP contribution in [0.25, 0.3) is 0 Å². The van der Waals surface area contributed by atoms with Crippen LogP contribution in [0.4, 0.5) is 39.5 Å². The van der Waals surface area contributed by atoms with Crippen LogP contribution in [0, 0.1) is 17.3 Å². The summed E-state index contributed by atoms with van der Waals surface area (Å²) in [5.41, 5.74) is -0.482. The molecule has 3 atom stereocenters. The molecule has 0 aromatic heterocycles. The zero-order valence-electron chi connectivity index (χ0n) is 19.9. The molecule has 2 nitrogen and oxygen atoms in total. The van der Waals surface area contributed by atoms with Gasteiger partial charge in [0.15, 0.2) is 0 Å². The highest BCUT2D eigenvalue weighted by atomic mass is 19.4. The molecule has 0 rings (SSSR count). The van der Waals surface area contributed by atoms with Crippen molar-refractivity contribution in [1.82, 2.24) is 0 Å². The Labute approximate surface area is 189 Å². The lowest BCUT2D eigenvalue weighted by atomic mass is 9.69. The van der Waals surface area contributed by atoms with Crippen LogP contribution >= 0.6 is 0 Å². The smallest absolute Gasteiger partial charge is 0.460 e. The largest absolute Gasteiger partial charge is 0.462 e. The molecule has 0 aliphatic rings. The number of hydrogen-bond donors (Lipinski definition) is 0. The minimum absolute atomic E-state index is 0.103. The van der Waals surface area contributed by atoms with Crippen molar-refractivity contribution in [3.8, 4) is 0 Å². The van der Waals surface area contributed by atoms with Gasteiger partial charge in [0.2, 0.25) is 0 Å². The summed E-state index contributed by atoms with van der Waals surface area (Å²) in [5.74, 6) is -20.5. The molecule has 0 aromatic rings. The van der Waals surface area contributed by atoms with Crippen LogP contribution in [0.1, 0.15) is 86.5 Å². The molecule has 198 valence electrons. The van der Waals surface area contributed by atoms with Crippen molar-refractivity contribution in [2.45, 2.75) is 117 Å². The number of alkyl halides is 9. The predicted molar refractivity (Wildman–Crippen MR) is 107 cm³/mol. The predicted octanol–water partition coefficient (Wildman–Crippen LogP) is 8.44. The van der Waals surface area contributed by atoms with E-state index >= 15 is 0 Å². The Balaban J connectivity index is 5.58. The van der Waals surface area contributed by atoms with Gasteiger partial charge < -0.3 is 4.74 Å². The molecule has 0 saturated heterocycles. The van der Waals surface area contributed by atoms with E-state index in [1.54, 1.807) is 0 Å². The summed E-state index contributed by atoms with van der Waals surface area (Å²) in [6, 6.07) is 0. The van der Waals surface area contributed by atoms with E-state index in [4.69, 9.17) is 4.74 Å². The van der Waals surface area contributed by atoms with Crippen LogP contribution in [-0.4, -0.2) is 36.0 Å². The zero-order chi connectivity index (χ0) is 26.5. The second kappa shape index (κ2) is 11.5. The minimum Gasteiger partial charge on any atom is -0.462 e. The van der Waals surface area contributed by atoms with Crippen LogP contribution in [0.15, 0.2) is 0 Å². The van der Waals surface area contributed by atoms with Crippen molar-refractivity contribution < 1.29 is 49.0 Å². The Morgan fingerprint density at radius 3 is 1.67 bits per heavy atom. The molecule has 11 heteroatoms. The third-order valence-corrected chi connectivity index (χ3v) is 6.80. The number of carbonyl (C=O) groups excluding carboxylic acids is 1. The maximum atomic E-state index is 13.9. The van der Waals surface area contributed by atoms with Gasteiger partial charge in [-0.3, -0.25) is 4.79 Å². The third kappa shape index (κ3) is 7.16. The lowest BCUT2D eigenvalue weighted by molar-refractivity contribution is -0.397. The summed E-state index contributed by atoms with van der Waals surface area (Å²) >= 11 is 0.